The molecule has 1 aromatic carbocycles. The molecule has 0 amide bonds. The Balaban J connectivity index is 2.06. The Bertz CT molecular complexity index is 347. The van der Waals surface area contributed by atoms with E-state index in [2.05, 4.69) is 38.4 Å². The number of halogens is 1. The highest BCUT2D eigenvalue weighted by Crippen LogP contribution is 2.17. The largest absolute Gasteiger partial charge is 0.344 e. The molecule has 2 rings (SSSR count). The predicted octanol–water partition coefficient (Wildman–Crippen LogP) is 3.44. The molecule has 0 saturated heterocycles. The van der Waals surface area contributed by atoms with E-state index in [1.807, 2.05) is 12.1 Å². The summed E-state index contributed by atoms with van der Waals surface area (Å²) in [6.45, 7) is 0.969. The summed E-state index contributed by atoms with van der Waals surface area (Å²) in [4.78, 5) is 4.44. The van der Waals surface area contributed by atoms with Crippen molar-refractivity contribution in [1.29, 1.82) is 0 Å². The third-order valence-electron chi connectivity index (χ3n) is 2.24. The maximum Gasteiger partial charge on any atom is 0.101 e. The lowest BCUT2D eigenvalue weighted by molar-refractivity contribution is 0.737. The van der Waals surface area contributed by atoms with E-state index in [1.165, 1.54) is 12.8 Å². The highest BCUT2D eigenvalue weighted by Gasteiger charge is 2.04. The van der Waals surface area contributed by atoms with Crippen LogP contribution in [-0.2, 0) is 0 Å². The molecule has 0 spiro atoms. The van der Waals surface area contributed by atoms with Crippen LogP contribution in [0.5, 0.6) is 0 Å². The molecular formula is C11H13BrN2. The minimum absolute atomic E-state index is 0.969. The van der Waals surface area contributed by atoms with Crippen molar-refractivity contribution < 1.29 is 0 Å². The standard InChI is InChI=1S/C11H13BrN2/c12-9-4-3-5-10(8-9)14-11-6-1-2-7-13-11/h3-5,8H,1-2,6-7H2,(H,13,14). The first-order chi connectivity index (χ1) is 6.84. The Morgan fingerprint density at radius 2 is 2.21 bits per heavy atom. The Labute approximate surface area is 92.6 Å². The first-order valence-corrected chi connectivity index (χ1v) is 5.70. The second-order valence-electron chi connectivity index (χ2n) is 3.42. The predicted molar refractivity (Wildman–Crippen MR) is 63.9 cm³/mol. The first-order valence-electron chi connectivity index (χ1n) is 4.90. The zero-order valence-corrected chi connectivity index (χ0v) is 9.55. The maximum atomic E-state index is 4.44. The lowest BCUT2D eigenvalue weighted by Gasteiger charge is -2.13. The van der Waals surface area contributed by atoms with E-state index in [1.54, 1.807) is 0 Å². The van der Waals surface area contributed by atoms with Crippen LogP contribution in [0.15, 0.2) is 33.7 Å². The average molecular weight is 253 g/mol. The van der Waals surface area contributed by atoms with Gasteiger partial charge in [0.05, 0.1) is 0 Å². The highest BCUT2D eigenvalue weighted by atomic mass is 79.9. The molecule has 0 bridgehead atoms. The van der Waals surface area contributed by atoms with E-state index in [0.717, 1.165) is 29.0 Å². The van der Waals surface area contributed by atoms with Gasteiger partial charge in [0.15, 0.2) is 0 Å². The van der Waals surface area contributed by atoms with Crippen LogP contribution in [0.4, 0.5) is 5.69 Å². The smallest absolute Gasteiger partial charge is 0.101 e. The molecule has 0 aliphatic carbocycles. The fraction of sp³-hybridized carbons (Fsp3) is 0.364. The third-order valence-corrected chi connectivity index (χ3v) is 2.73. The summed E-state index contributed by atoms with van der Waals surface area (Å²) >= 11 is 3.45. The summed E-state index contributed by atoms with van der Waals surface area (Å²) in [6, 6.07) is 8.17. The van der Waals surface area contributed by atoms with Gasteiger partial charge in [0, 0.05) is 23.1 Å². The van der Waals surface area contributed by atoms with Crippen molar-refractivity contribution in [3.8, 4) is 0 Å². The topological polar surface area (TPSA) is 24.4 Å². The molecule has 1 aromatic rings. The molecule has 0 fully saturated rings. The normalized spacial score (nSPS) is 16.2. The molecule has 0 unspecified atom stereocenters. The fourth-order valence-electron chi connectivity index (χ4n) is 1.53. The Morgan fingerprint density at radius 3 is 2.93 bits per heavy atom. The van der Waals surface area contributed by atoms with Crippen LogP contribution in [0, 0.1) is 0 Å². The number of amidine groups is 1. The van der Waals surface area contributed by atoms with E-state index in [-0.39, 0.29) is 0 Å². The lowest BCUT2D eigenvalue weighted by Crippen LogP contribution is -2.15. The molecule has 3 heteroatoms. The van der Waals surface area contributed by atoms with Gasteiger partial charge in [-0.25, -0.2) is 0 Å². The van der Waals surface area contributed by atoms with Crippen LogP contribution in [-0.4, -0.2) is 12.4 Å². The Kier molecular flexibility index (Phi) is 3.19. The third kappa shape index (κ3) is 2.58. The van der Waals surface area contributed by atoms with Crippen molar-refractivity contribution in [2.45, 2.75) is 19.3 Å². The summed E-state index contributed by atoms with van der Waals surface area (Å²) in [5.41, 5.74) is 1.11. The van der Waals surface area contributed by atoms with Crippen LogP contribution < -0.4 is 5.32 Å². The maximum absolute atomic E-state index is 4.44. The van der Waals surface area contributed by atoms with E-state index >= 15 is 0 Å². The van der Waals surface area contributed by atoms with Gasteiger partial charge in [-0.1, -0.05) is 22.0 Å². The van der Waals surface area contributed by atoms with Gasteiger partial charge in [-0.3, -0.25) is 4.99 Å². The van der Waals surface area contributed by atoms with E-state index in [0.29, 0.717) is 0 Å². The minimum Gasteiger partial charge on any atom is -0.344 e. The van der Waals surface area contributed by atoms with E-state index in [9.17, 15) is 0 Å². The van der Waals surface area contributed by atoms with Crippen LogP contribution in [0.25, 0.3) is 0 Å². The number of anilines is 1. The van der Waals surface area contributed by atoms with Crippen LogP contribution in [0.2, 0.25) is 0 Å². The molecule has 0 radical (unpaired) electrons. The van der Waals surface area contributed by atoms with Crippen molar-refractivity contribution in [2.75, 3.05) is 11.9 Å². The molecule has 2 nitrogen and oxygen atoms in total. The van der Waals surface area contributed by atoms with Gasteiger partial charge >= 0.3 is 0 Å². The van der Waals surface area contributed by atoms with Crippen molar-refractivity contribution in [1.82, 2.24) is 0 Å². The minimum atomic E-state index is 0.969. The molecule has 1 aliphatic heterocycles. The number of rotatable bonds is 1. The first kappa shape index (κ1) is 9.71. The van der Waals surface area contributed by atoms with Gasteiger partial charge in [-0.2, -0.15) is 0 Å². The molecule has 14 heavy (non-hydrogen) atoms. The van der Waals surface area contributed by atoms with E-state index in [4.69, 9.17) is 0 Å². The number of benzene rings is 1. The number of hydrogen-bond acceptors (Lipinski definition) is 2. The fourth-order valence-corrected chi connectivity index (χ4v) is 1.93. The summed E-state index contributed by atoms with van der Waals surface area (Å²) in [5, 5.41) is 3.34. The Hall–Kier alpha value is -0.830. The number of nitrogens with one attached hydrogen (secondary N) is 1. The van der Waals surface area contributed by atoms with Gasteiger partial charge in [0.2, 0.25) is 0 Å². The zero-order chi connectivity index (χ0) is 9.80. The average Bonchev–Trinajstić information content (AvgIpc) is 2.19. The van der Waals surface area contributed by atoms with Crippen molar-refractivity contribution in [3.05, 3.63) is 28.7 Å². The molecule has 1 N–H and O–H groups in total. The van der Waals surface area contributed by atoms with Crippen LogP contribution >= 0.6 is 15.9 Å². The lowest BCUT2D eigenvalue weighted by atomic mass is 10.2. The summed E-state index contributed by atoms with van der Waals surface area (Å²) < 4.78 is 1.10. The van der Waals surface area contributed by atoms with Crippen LogP contribution in [0.3, 0.4) is 0 Å². The second kappa shape index (κ2) is 4.60. The molecule has 0 saturated carbocycles. The number of aliphatic imine (C=N–C) groups is 1. The highest BCUT2D eigenvalue weighted by molar-refractivity contribution is 9.10. The van der Waals surface area contributed by atoms with Crippen molar-refractivity contribution in [2.24, 2.45) is 4.99 Å². The van der Waals surface area contributed by atoms with Gasteiger partial charge in [-0.15, -0.1) is 0 Å². The SMILES string of the molecule is Brc1cccc(NC2=NCCCC2)c1. The van der Waals surface area contributed by atoms with Crippen LogP contribution in [0.1, 0.15) is 19.3 Å². The van der Waals surface area contributed by atoms with Gasteiger partial charge in [0.25, 0.3) is 0 Å². The van der Waals surface area contributed by atoms with Gasteiger partial charge in [-0.05, 0) is 31.0 Å². The summed E-state index contributed by atoms with van der Waals surface area (Å²) in [6.07, 6.45) is 3.55. The number of nitrogens with zero attached hydrogens (tertiary/aromatic N) is 1. The molecule has 1 heterocycles. The number of hydrogen-bond donors (Lipinski definition) is 1. The Morgan fingerprint density at radius 1 is 1.29 bits per heavy atom. The molecular weight excluding hydrogens is 240 g/mol. The van der Waals surface area contributed by atoms with Crippen molar-refractivity contribution >= 4 is 27.5 Å². The monoisotopic (exact) mass is 252 g/mol. The quantitative estimate of drug-likeness (QED) is 0.814. The summed E-state index contributed by atoms with van der Waals surface area (Å²) in [5.74, 6) is 1.12. The van der Waals surface area contributed by atoms with Gasteiger partial charge < -0.3 is 5.32 Å². The molecule has 0 atom stereocenters. The second-order valence-corrected chi connectivity index (χ2v) is 4.34. The van der Waals surface area contributed by atoms with Crippen molar-refractivity contribution in [3.63, 3.8) is 0 Å². The zero-order valence-electron chi connectivity index (χ0n) is 7.96. The molecule has 0 aromatic heterocycles. The molecule has 1 aliphatic rings. The summed E-state index contributed by atoms with van der Waals surface area (Å²) in [7, 11) is 0. The molecule has 74 valence electrons. The van der Waals surface area contributed by atoms with Gasteiger partial charge in [0.1, 0.15) is 5.84 Å². The van der Waals surface area contributed by atoms with E-state index < -0.39 is 0 Å².